The molecule has 1 saturated carbocycles. The summed E-state index contributed by atoms with van der Waals surface area (Å²) in [6.45, 7) is 0. The fraction of sp³-hybridized carbons (Fsp3) is 0.714. The van der Waals surface area contributed by atoms with Crippen molar-refractivity contribution in [1.29, 1.82) is 0 Å². The number of rotatable bonds is 2. The fourth-order valence-corrected chi connectivity index (χ4v) is 4.17. The highest BCUT2D eigenvalue weighted by Gasteiger charge is 2.38. The van der Waals surface area contributed by atoms with Gasteiger partial charge in [0, 0.05) is 12.2 Å². The molecule has 2 heterocycles. The standard InChI is InChI=1S/C14H17F3N2OS/c15-14(16,17)13-18-7-11(21-13)12(20)10-6-5-8-3-1-2-4-9(8)19-10/h7-10,19H,1-6H2. The van der Waals surface area contributed by atoms with Crippen molar-refractivity contribution < 1.29 is 18.0 Å². The van der Waals surface area contributed by atoms with Crippen LogP contribution in [0.25, 0.3) is 0 Å². The Hall–Kier alpha value is -0.950. The van der Waals surface area contributed by atoms with Crippen molar-refractivity contribution in [3.8, 4) is 0 Å². The predicted octanol–water partition coefficient (Wildman–Crippen LogP) is 3.66. The van der Waals surface area contributed by atoms with Crippen LogP contribution in [0.5, 0.6) is 0 Å². The smallest absolute Gasteiger partial charge is 0.304 e. The lowest BCUT2D eigenvalue weighted by molar-refractivity contribution is -0.137. The Labute approximate surface area is 125 Å². The molecule has 3 atom stereocenters. The van der Waals surface area contributed by atoms with E-state index in [4.69, 9.17) is 0 Å². The van der Waals surface area contributed by atoms with Crippen molar-refractivity contribution >= 4 is 17.1 Å². The van der Waals surface area contributed by atoms with E-state index >= 15 is 0 Å². The highest BCUT2D eigenvalue weighted by atomic mass is 32.1. The number of alkyl halides is 3. The molecule has 21 heavy (non-hydrogen) atoms. The molecule has 7 heteroatoms. The van der Waals surface area contributed by atoms with Gasteiger partial charge in [-0.1, -0.05) is 12.8 Å². The molecule has 2 fully saturated rings. The molecule has 116 valence electrons. The van der Waals surface area contributed by atoms with E-state index in [0.29, 0.717) is 29.7 Å². The van der Waals surface area contributed by atoms with Crippen molar-refractivity contribution in [2.24, 2.45) is 5.92 Å². The van der Waals surface area contributed by atoms with Gasteiger partial charge in [-0.15, -0.1) is 11.3 Å². The molecule has 0 aromatic carbocycles. The van der Waals surface area contributed by atoms with Gasteiger partial charge in [0.2, 0.25) is 0 Å². The summed E-state index contributed by atoms with van der Waals surface area (Å²) in [5.74, 6) is 0.377. The van der Waals surface area contributed by atoms with Gasteiger partial charge in [0.15, 0.2) is 10.8 Å². The first-order chi connectivity index (χ1) is 9.95. The third-order valence-corrected chi connectivity index (χ3v) is 5.51. The molecule has 0 spiro atoms. The molecule has 2 aliphatic rings. The van der Waals surface area contributed by atoms with E-state index in [1.54, 1.807) is 0 Å². The van der Waals surface area contributed by atoms with Crippen molar-refractivity contribution in [1.82, 2.24) is 10.3 Å². The zero-order valence-electron chi connectivity index (χ0n) is 11.4. The van der Waals surface area contributed by atoms with E-state index in [2.05, 4.69) is 10.3 Å². The maximum absolute atomic E-state index is 12.5. The van der Waals surface area contributed by atoms with Gasteiger partial charge in [0.1, 0.15) is 0 Å². The number of thiazole rings is 1. The Morgan fingerprint density at radius 1 is 1.24 bits per heavy atom. The van der Waals surface area contributed by atoms with Gasteiger partial charge in [-0.3, -0.25) is 4.79 Å². The molecule has 3 unspecified atom stereocenters. The molecule has 1 aliphatic heterocycles. The second-order valence-electron chi connectivity index (χ2n) is 5.84. The molecule has 1 N–H and O–H groups in total. The van der Waals surface area contributed by atoms with Gasteiger partial charge >= 0.3 is 6.18 Å². The van der Waals surface area contributed by atoms with Crippen LogP contribution in [0.2, 0.25) is 0 Å². The molecular weight excluding hydrogens is 301 g/mol. The molecule has 0 radical (unpaired) electrons. The Morgan fingerprint density at radius 3 is 2.71 bits per heavy atom. The Balaban J connectivity index is 1.69. The summed E-state index contributed by atoms with van der Waals surface area (Å²) in [4.78, 5) is 15.8. The minimum absolute atomic E-state index is 0.106. The minimum atomic E-state index is -4.47. The zero-order chi connectivity index (χ0) is 15.0. The number of aromatic nitrogens is 1. The number of fused-ring (bicyclic) bond motifs is 1. The quantitative estimate of drug-likeness (QED) is 0.846. The highest BCUT2D eigenvalue weighted by molar-refractivity contribution is 7.13. The molecule has 1 aliphatic carbocycles. The second-order valence-corrected chi connectivity index (χ2v) is 6.87. The highest BCUT2D eigenvalue weighted by Crippen LogP contribution is 2.35. The number of nitrogens with zero attached hydrogens (tertiary/aromatic N) is 1. The molecule has 3 nitrogen and oxygen atoms in total. The number of piperidine rings is 1. The van der Waals surface area contributed by atoms with Crippen molar-refractivity contribution in [3.63, 3.8) is 0 Å². The van der Waals surface area contributed by atoms with Gasteiger partial charge in [-0.05, 0) is 31.6 Å². The van der Waals surface area contributed by atoms with Crippen LogP contribution >= 0.6 is 11.3 Å². The first-order valence-corrected chi connectivity index (χ1v) is 8.10. The first kappa shape index (κ1) is 15.0. The second kappa shape index (κ2) is 5.68. The van der Waals surface area contributed by atoms with E-state index in [1.165, 1.54) is 12.8 Å². The summed E-state index contributed by atoms with van der Waals surface area (Å²) in [6, 6.07) is -0.0117. The number of ketones is 1. The number of nitrogens with one attached hydrogen (secondary N) is 1. The Bertz CT molecular complexity index is 529. The zero-order valence-corrected chi connectivity index (χ0v) is 12.3. The van der Waals surface area contributed by atoms with Crippen LogP contribution < -0.4 is 5.32 Å². The number of Topliss-reactive ketones (excluding diaryl/α,β-unsaturated/α-hetero) is 1. The summed E-state index contributed by atoms with van der Waals surface area (Å²) >= 11 is 0.445. The van der Waals surface area contributed by atoms with Gasteiger partial charge in [-0.2, -0.15) is 13.2 Å². The summed E-state index contributed by atoms with van der Waals surface area (Å²) in [7, 11) is 0. The normalized spacial score (nSPS) is 30.0. The number of hydrogen-bond acceptors (Lipinski definition) is 4. The van der Waals surface area contributed by atoms with Gasteiger partial charge in [0.05, 0.1) is 10.9 Å². The number of hydrogen-bond donors (Lipinski definition) is 1. The van der Waals surface area contributed by atoms with E-state index in [-0.39, 0.29) is 16.7 Å². The van der Waals surface area contributed by atoms with Crippen LogP contribution in [0.15, 0.2) is 6.20 Å². The lowest BCUT2D eigenvalue weighted by Crippen LogP contribution is -2.51. The topological polar surface area (TPSA) is 42.0 Å². The first-order valence-electron chi connectivity index (χ1n) is 7.28. The predicted molar refractivity (Wildman–Crippen MR) is 73.4 cm³/mol. The lowest BCUT2D eigenvalue weighted by Gasteiger charge is -2.39. The van der Waals surface area contributed by atoms with Crippen LogP contribution in [0.1, 0.15) is 53.2 Å². The van der Waals surface area contributed by atoms with Crippen LogP contribution in [0.4, 0.5) is 13.2 Å². The maximum atomic E-state index is 12.5. The summed E-state index contributed by atoms with van der Waals surface area (Å²) < 4.78 is 37.6. The van der Waals surface area contributed by atoms with Gasteiger partial charge < -0.3 is 5.32 Å². The van der Waals surface area contributed by atoms with Crippen LogP contribution in [0.3, 0.4) is 0 Å². The molecular formula is C14H17F3N2OS. The van der Waals surface area contributed by atoms with Gasteiger partial charge in [-0.25, -0.2) is 4.98 Å². The summed E-state index contributed by atoms with van der Waals surface area (Å²) in [5.41, 5.74) is 0. The minimum Gasteiger partial charge on any atom is -0.304 e. The van der Waals surface area contributed by atoms with Crippen molar-refractivity contribution in [2.75, 3.05) is 0 Å². The molecule has 3 rings (SSSR count). The molecule has 1 aromatic rings. The van der Waals surface area contributed by atoms with E-state index < -0.39 is 11.2 Å². The van der Waals surface area contributed by atoms with E-state index in [0.717, 1.165) is 25.5 Å². The van der Waals surface area contributed by atoms with Crippen molar-refractivity contribution in [3.05, 3.63) is 16.1 Å². The number of carbonyl (C=O) groups excluding carboxylic acids is 1. The fourth-order valence-electron chi connectivity index (χ4n) is 3.39. The largest absolute Gasteiger partial charge is 0.443 e. The number of halogens is 3. The average molecular weight is 318 g/mol. The van der Waals surface area contributed by atoms with Crippen LogP contribution in [-0.4, -0.2) is 22.9 Å². The summed E-state index contributed by atoms with van der Waals surface area (Å²) in [6.07, 6.45) is 2.93. The molecule has 0 bridgehead atoms. The maximum Gasteiger partial charge on any atom is 0.443 e. The SMILES string of the molecule is O=C(c1cnc(C(F)(F)F)s1)C1CCC2CCCCC2N1. The molecule has 1 saturated heterocycles. The van der Waals surface area contributed by atoms with Crippen LogP contribution in [0, 0.1) is 5.92 Å². The monoisotopic (exact) mass is 318 g/mol. The number of carbonyl (C=O) groups is 1. The lowest BCUT2D eigenvalue weighted by atomic mass is 9.77. The van der Waals surface area contributed by atoms with Gasteiger partial charge in [0.25, 0.3) is 0 Å². The third kappa shape index (κ3) is 3.13. The molecule has 1 aromatic heterocycles. The van der Waals surface area contributed by atoms with Crippen molar-refractivity contribution in [2.45, 2.75) is 56.8 Å². The Morgan fingerprint density at radius 2 is 2.00 bits per heavy atom. The summed E-state index contributed by atoms with van der Waals surface area (Å²) in [5, 5.41) is 2.40. The van der Waals surface area contributed by atoms with Crippen LogP contribution in [-0.2, 0) is 6.18 Å². The third-order valence-electron chi connectivity index (χ3n) is 4.46. The Kier molecular flexibility index (Phi) is 4.05. The van der Waals surface area contributed by atoms with E-state index in [1.807, 2.05) is 0 Å². The van der Waals surface area contributed by atoms with E-state index in [9.17, 15) is 18.0 Å². The average Bonchev–Trinajstić information content (AvgIpc) is 2.96. The molecule has 0 amide bonds.